The number of fused-ring (bicyclic) bond motifs is 1. The van der Waals surface area contributed by atoms with Gasteiger partial charge in [0.25, 0.3) is 5.91 Å². The van der Waals surface area contributed by atoms with Gasteiger partial charge in [-0.2, -0.15) is 0 Å². The molecule has 3 rings (SSSR count). The van der Waals surface area contributed by atoms with E-state index in [4.69, 9.17) is 4.74 Å². The fourth-order valence-corrected chi connectivity index (χ4v) is 2.11. The van der Waals surface area contributed by atoms with Crippen LogP contribution in [0, 0.1) is 0 Å². The molecule has 3 amide bonds. The number of ether oxygens (including phenoxy) is 1. The van der Waals surface area contributed by atoms with Crippen LogP contribution in [-0.2, 0) is 9.53 Å². The van der Waals surface area contributed by atoms with Crippen LogP contribution in [-0.4, -0.2) is 34.4 Å². The van der Waals surface area contributed by atoms with Crippen molar-refractivity contribution in [1.82, 2.24) is 10.4 Å². The van der Waals surface area contributed by atoms with Crippen molar-refractivity contribution in [2.45, 2.75) is 12.1 Å². The van der Waals surface area contributed by atoms with E-state index in [9.17, 15) is 14.8 Å². The number of urea groups is 1. The molecule has 1 fully saturated rings. The molecule has 2 aliphatic heterocycles. The van der Waals surface area contributed by atoms with Gasteiger partial charge in [0.2, 0.25) is 6.10 Å². The maximum absolute atomic E-state index is 11.7. The molecule has 18 heavy (non-hydrogen) atoms. The number of hydrogen-bond acceptors (Lipinski definition) is 4. The molecule has 2 aliphatic rings. The Kier molecular flexibility index (Phi) is 2.31. The molecule has 2 N–H and O–H groups in total. The molecule has 92 valence electrons. The highest BCUT2D eigenvalue weighted by Gasteiger charge is 2.47. The second kappa shape index (κ2) is 3.85. The summed E-state index contributed by atoms with van der Waals surface area (Å²) in [4.78, 5) is 23.0. The lowest BCUT2D eigenvalue weighted by Gasteiger charge is -2.30. The first-order chi connectivity index (χ1) is 8.68. The predicted octanol–water partition coefficient (Wildman–Crippen LogP) is 0.736. The van der Waals surface area contributed by atoms with Gasteiger partial charge < -0.3 is 10.1 Å². The van der Waals surface area contributed by atoms with Crippen LogP contribution in [0.5, 0.6) is 0 Å². The third kappa shape index (κ3) is 1.46. The van der Waals surface area contributed by atoms with E-state index in [0.29, 0.717) is 0 Å². The van der Waals surface area contributed by atoms with Crippen LogP contribution in [0.2, 0.25) is 0 Å². The van der Waals surface area contributed by atoms with Gasteiger partial charge in [-0.1, -0.05) is 30.3 Å². The molecule has 2 heterocycles. The van der Waals surface area contributed by atoms with Crippen LogP contribution in [0.15, 0.2) is 36.6 Å². The van der Waals surface area contributed by atoms with Crippen molar-refractivity contribution in [1.29, 1.82) is 0 Å². The maximum atomic E-state index is 11.7. The summed E-state index contributed by atoms with van der Waals surface area (Å²) < 4.78 is 5.23. The van der Waals surface area contributed by atoms with Crippen LogP contribution in [0.1, 0.15) is 5.56 Å². The number of nitrogens with one attached hydrogen (secondary N) is 1. The highest BCUT2D eigenvalue weighted by atomic mass is 16.6. The number of carbonyl (C=O) groups is 2. The van der Waals surface area contributed by atoms with Gasteiger partial charge in [0.05, 0.1) is 6.26 Å². The minimum atomic E-state index is -0.900. The van der Waals surface area contributed by atoms with Gasteiger partial charge in [-0.05, 0) is 5.56 Å². The number of benzene rings is 1. The number of hydroxylamine groups is 2. The summed E-state index contributed by atoms with van der Waals surface area (Å²) >= 11 is 0. The fourth-order valence-electron chi connectivity index (χ4n) is 2.11. The lowest BCUT2D eigenvalue weighted by Crippen LogP contribution is -2.60. The summed E-state index contributed by atoms with van der Waals surface area (Å²) in [5.74, 6) is -0.758. The molecule has 1 aromatic rings. The zero-order valence-electron chi connectivity index (χ0n) is 9.24. The third-order valence-electron chi connectivity index (χ3n) is 3.01. The number of rotatable bonds is 1. The van der Waals surface area contributed by atoms with E-state index >= 15 is 0 Å². The average Bonchev–Trinajstić information content (AvgIpc) is 2.81. The lowest BCUT2D eigenvalue weighted by atomic mass is 9.96. The molecule has 2 atom stereocenters. The van der Waals surface area contributed by atoms with Crippen LogP contribution in [0.25, 0.3) is 5.57 Å². The standard InChI is InChI=1S/C12H10N2O4/c15-11-10-9(13-12(16)14(11)17)8(6-18-10)7-4-2-1-3-5-7/h1-6,9-10,17H,(H,13,16). The Morgan fingerprint density at radius 2 is 1.94 bits per heavy atom. The smallest absolute Gasteiger partial charge is 0.349 e. The van der Waals surface area contributed by atoms with Crippen LogP contribution in [0.4, 0.5) is 4.79 Å². The van der Waals surface area contributed by atoms with Gasteiger partial charge in [-0.3, -0.25) is 10.0 Å². The number of nitrogens with zero attached hydrogens (tertiary/aromatic N) is 1. The van der Waals surface area contributed by atoms with E-state index in [1.165, 1.54) is 6.26 Å². The topological polar surface area (TPSA) is 78.9 Å². The predicted molar refractivity (Wildman–Crippen MR) is 60.2 cm³/mol. The zero-order valence-corrected chi connectivity index (χ0v) is 9.24. The van der Waals surface area contributed by atoms with Gasteiger partial charge in [0.15, 0.2) is 0 Å². The summed E-state index contributed by atoms with van der Waals surface area (Å²) in [6, 6.07) is 7.91. The number of imide groups is 1. The zero-order chi connectivity index (χ0) is 12.7. The molecule has 6 nitrogen and oxygen atoms in total. The average molecular weight is 246 g/mol. The van der Waals surface area contributed by atoms with Crippen molar-refractivity contribution in [3.63, 3.8) is 0 Å². The summed E-state index contributed by atoms with van der Waals surface area (Å²) in [5.41, 5.74) is 1.58. The molecule has 0 saturated carbocycles. The first kappa shape index (κ1) is 10.8. The molecular weight excluding hydrogens is 236 g/mol. The number of carbonyl (C=O) groups excluding carboxylic acids is 2. The Morgan fingerprint density at radius 3 is 2.67 bits per heavy atom. The van der Waals surface area contributed by atoms with Gasteiger partial charge in [0.1, 0.15) is 6.04 Å². The monoisotopic (exact) mass is 246 g/mol. The van der Waals surface area contributed by atoms with Crippen LogP contribution >= 0.6 is 0 Å². The van der Waals surface area contributed by atoms with Crippen molar-refractivity contribution in [3.05, 3.63) is 42.2 Å². The van der Waals surface area contributed by atoms with Crippen molar-refractivity contribution in [2.75, 3.05) is 0 Å². The first-order valence-corrected chi connectivity index (χ1v) is 5.43. The SMILES string of the molecule is O=C1NC2C(c3ccccc3)=COC2C(=O)N1O. The Morgan fingerprint density at radius 1 is 1.22 bits per heavy atom. The minimum Gasteiger partial charge on any atom is -0.485 e. The number of hydrogen-bond donors (Lipinski definition) is 2. The molecule has 1 aromatic carbocycles. The van der Waals surface area contributed by atoms with E-state index < -0.39 is 24.1 Å². The highest BCUT2D eigenvalue weighted by molar-refractivity contribution is 6.01. The summed E-state index contributed by atoms with van der Waals surface area (Å²) in [6.07, 6.45) is 0.546. The van der Waals surface area contributed by atoms with E-state index in [2.05, 4.69) is 5.32 Å². The second-order valence-electron chi connectivity index (χ2n) is 4.07. The second-order valence-corrected chi connectivity index (χ2v) is 4.07. The molecule has 1 saturated heterocycles. The molecule has 0 aromatic heterocycles. The Balaban J connectivity index is 1.93. The number of amides is 3. The fraction of sp³-hybridized carbons (Fsp3) is 0.167. The quantitative estimate of drug-likeness (QED) is 0.716. The summed E-state index contributed by atoms with van der Waals surface area (Å²) in [7, 11) is 0. The Hall–Kier alpha value is -2.34. The van der Waals surface area contributed by atoms with E-state index in [-0.39, 0.29) is 5.06 Å². The normalized spacial score (nSPS) is 26.3. The Bertz CT molecular complexity index is 540. The van der Waals surface area contributed by atoms with Crippen molar-refractivity contribution >= 4 is 17.5 Å². The van der Waals surface area contributed by atoms with Crippen molar-refractivity contribution in [3.8, 4) is 0 Å². The highest BCUT2D eigenvalue weighted by Crippen LogP contribution is 2.30. The van der Waals surface area contributed by atoms with Crippen LogP contribution in [0.3, 0.4) is 0 Å². The van der Waals surface area contributed by atoms with Crippen molar-refractivity contribution in [2.24, 2.45) is 0 Å². The van der Waals surface area contributed by atoms with E-state index in [1.807, 2.05) is 30.3 Å². The third-order valence-corrected chi connectivity index (χ3v) is 3.01. The molecule has 0 bridgehead atoms. The van der Waals surface area contributed by atoms with E-state index in [1.54, 1.807) is 0 Å². The molecule has 6 heteroatoms. The van der Waals surface area contributed by atoms with Gasteiger partial charge in [-0.25, -0.2) is 4.79 Å². The van der Waals surface area contributed by atoms with E-state index in [0.717, 1.165) is 11.1 Å². The van der Waals surface area contributed by atoms with Gasteiger partial charge >= 0.3 is 6.03 Å². The molecule has 0 spiro atoms. The van der Waals surface area contributed by atoms with Crippen molar-refractivity contribution < 1.29 is 19.5 Å². The maximum Gasteiger partial charge on any atom is 0.349 e. The first-order valence-electron chi connectivity index (χ1n) is 5.43. The summed E-state index contributed by atoms with van der Waals surface area (Å²) in [5, 5.41) is 11.8. The van der Waals surface area contributed by atoms with Gasteiger partial charge in [0, 0.05) is 5.57 Å². The summed E-state index contributed by atoms with van der Waals surface area (Å²) in [6.45, 7) is 0. The minimum absolute atomic E-state index is 0.0446. The molecule has 2 unspecified atom stereocenters. The Labute approximate surface area is 102 Å². The largest absolute Gasteiger partial charge is 0.485 e. The lowest BCUT2D eigenvalue weighted by molar-refractivity contribution is -0.166. The molecule has 0 aliphatic carbocycles. The van der Waals surface area contributed by atoms with Crippen LogP contribution < -0.4 is 5.32 Å². The molecule has 0 radical (unpaired) electrons. The molecular formula is C12H10N2O4. The van der Waals surface area contributed by atoms with Gasteiger partial charge in [-0.15, -0.1) is 5.06 Å².